The minimum Gasteiger partial charge on any atom is -0.483 e. The van der Waals surface area contributed by atoms with Gasteiger partial charge >= 0.3 is 6.18 Å². The number of benzene rings is 1. The summed E-state index contributed by atoms with van der Waals surface area (Å²) in [6.07, 6.45) is 4.64. The minimum atomic E-state index is -4.57. The molecule has 3 heterocycles. The molecule has 12 heteroatoms. The van der Waals surface area contributed by atoms with Gasteiger partial charge in [0, 0.05) is 42.2 Å². The fourth-order valence-electron chi connectivity index (χ4n) is 6.69. The third-order valence-electron chi connectivity index (χ3n) is 9.57. The van der Waals surface area contributed by atoms with Gasteiger partial charge in [-0.2, -0.15) is 13.2 Å². The van der Waals surface area contributed by atoms with Gasteiger partial charge in [-0.25, -0.2) is 4.98 Å². The van der Waals surface area contributed by atoms with Gasteiger partial charge in [-0.3, -0.25) is 14.5 Å². The van der Waals surface area contributed by atoms with Gasteiger partial charge in [-0.1, -0.05) is 20.3 Å². The fourth-order valence-corrected chi connectivity index (χ4v) is 6.69. The van der Waals surface area contributed by atoms with Crippen molar-refractivity contribution in [2.24, 2.45) is 13.0 Å². The number of aryl methyl sites for hydroxylation is 1. The van der Waals surface area contributed by atoms with Gasteiger partial charge in [0.1, 0.15) is 18.0 Å². The van der Waals surface area contributed by atoms with Gasteiger partial charge in [0.15, 0.2) is 0 Å². The number of aromatic nitrogens is 4. The molecule has 0 saturated heterocycles. The van der Waals surface area contributed by atoms with Gasteiger partial charge < -0.3 is 15.0 Å². The normalized spacial score (nSPS) is 18.1. The maximum Gasteiger partial charge on any atom is 0.416 e. The number of anilines is 1. The average Bonchev–Trinajstić information content (AvgIpc) is 3.49. The summed E-state index contributed by atoms with van der Waals surface area (Å²) in [5.41, 5.74) is 1.57. The van der Waals surface area contributed by atoms with Crippen LogP contribution in [0.4, 0.5) is 19.0 Å². The van der Waals surface area contributed by atoms with Crippen molar-refractivity contribution in [3.8, 4) is 0 Å². The largest absolute Gasteiger partial charge is 0.483 e. The Kier molecular flexibility index (Phi) is 9.08. The van der Waals surface area contributed by atoms with Crippen LogP contribution in [0.15, 0.2) is 30.6 Å². The zero-order valence-corrected chi connectivity index (χ0v) is 26.2. The number of carboxylic acid groups (broad SMARTS) is 1. The van der Waals surface area contributed by atoms with Crippen molar-refractivity contribution < 1.29 is 27.9 Å². The third kappa shape index (κ3) is 6.75. The second kappa shape index (κ2) is 12.5. The van der Waals surface area contributed by atoms with Crippen molar-refractivity contribution in [2.75, 3.05) is 4.90 Å². The van der Waals surface area contributed by atoms with E-state index in [0.717, 1.165) is 55.6 Å². The first-order valence-electron chi connectivity index (χ1n) is 15.5. The number of hydrogen-bond acceptors (Lipinski definition) is 6. The predicted octanol–water partition coefficient (Wildman–Crippen LogP) is 5.99. The number of carbonyl (C=O) groups excluding carboxylic acids is 1. The first-order valence-corrected chi connectivity index (χ1v) is 15.5. The Labute approximate surface area is 261 Å². The highest BCUT2D eigenvalue weighted by atomic mass is 19.4. The van der Waals surface area contributed by atoms with Crippen LogP contribution in [-0.4, -0.2) is 42.8 Å². The Morgan fingerprint density at radius 1 is 1.11 bits per heavy atom. The van der Waals surface area contributed by atoms with Crippen molar-refractivity contribution in [1.82, 2.24) is 25.1 Å². The minimum absolute atomic E-state index is 0.0289. The summed E-state index contributed by atoms with van der Waals surface area (Å²) in [5, 5.41) is 18.7. The van der Waals surface area contributed by atoms with Crippen LogP contribution in [0, 0.1) is 5.92 Å². The maximum absolute atomic E-state index is 14.3. The second-order valence-corrected chi connectivity index (χ2v) is 13.4. The highest BCUT2D eigenvalue weighted by molar-refractivity contribution is 6.10. The summed E-state index contributed by atoms with van der Waals surface area (Å²) < 4.78 is 45.0. The molecule has 2 N–H and O–H groups in total. The molecule has 1 aromatic carbocycles. The lowest BCUT2D eigenvalue weighted by atomic mass is 9.62. The Bertz CT molecular complexity index is 1560. The van der Waals surface area contributed by atoms with Crippen LogP contribution in [-0.2, 0) is 49.4 Å². The van der Waals surface area contributed by atoms with E-state index < -0.39 is 17.6 Å². The number of hydrogen-bond donors (Lipinski definition) is 2. The lowest BCUT2D eigenvalue weighted by molar-refractivity contribution is -0.138. The van der Waals surface area contributed by atoms with Crippen LogP contribution in [0.1, 0.15) is 103 Å². The number of halogens is 3. The van der Waals surface area contributed by atoms with Gasteiger partial charge in [-0.15, -0.1) is 10.2 Å². The molecule has 0 unspecified atom stereocenters. The SMILES string of the molecule is CC(C)Cc1cc(C2(Cc3nncn3C)CCC2)cc(N2Cc3c(cc(CNC4(C)CCC4)cc3C(F)(F)F)C2=O)n1.O=CO. The number of carbonyl (C=O) groups is 2. The molecule has 45 heavy (non-hydrogen) atoms. The number of nitrogens with one attached hydrogen (secondary N) is 1. The van der Waals surface area contributed by atoms with E-state index in [1.54, 1.807) is 12.4 Å². The first kappa shape index (κ1) is 32.6. The van der Waals surface area contributed by atoms with E-state index >= 15 is 0 Å². The molecule has 6 rings (SSSR count). The fraction of sp³-hybridized carbons (Fsp3) is 0.545. The molecular formula is C33H41F3N6O3. The lowest BCUT2D eigenvalue weighted by Crippen LogP contribution is -2.47. The highest BCUT2D eigenvalue weighted by Crippen LogP contribution is 2.47. The Morgan fingerprint density at radius 3 is 2.33 bits per heavy atom. The average molecular weight is 627 g/mol. The molecule has 2 aliphatic carbocycles. The van der Waals surface area contributed by atoms with Crippen molar-refractivity contribution in [2.45, 2.75) is 102 Å². The van der Waals surface area contributed by atoms with E-state index in [-0.39, 0.29) is 41.6 Å². The van der Waals surface area contributed by atoms with Gasteiger partial charge in [0.25, 0.3) is 12.4 Å². The quantitative estimate of drug-likeness (QED) is 0.281. The van der Waals surface area contributed by atoms with Gasteiger partial charge in [0.05, 0.1) is 12.1 Å². The molecule has 0 radical (unpaired) electrons. The van der Waals surface area contributed by atoms with Crippen LogP contribution >= 0.6 is 0 Å². The number of rotatable bonds is 9. The molecule has 3 aliphatic rings. The molecule has 3 aromatic rings. The standard InChI is InChI=1S/C32H39F3N6O.CH2O2/c1-20(2)11-23-14-22(31(9-6-10-31)16-28-39-37-19-40(28)4)15-27(38-23)41-18-25-24(29(41)42)12-21(13-26(25)32(33,34)35)17-36-30(3)7-5-8-30;2-1-3/h12-15,19-20,36H,5-11,16-18H2,1-4H3;1H,(H,2,3). The molecule has 0 atom stereocenters. The Balaban J connectivity index is 0.00000128. The Hall–Kier alpha value is -3.80. The number of nitrogens with zero attached hydrogens (tertiary/aromatic N) is 5. The molecule has 2 fully saturated rings. The zero-order chi connectivity index (χ0) is 32.6. The molecule has 242 valence electrons. The summed E-state index contributed by atoms with van der Waals surface area (Å²) >= 11 is 0. The molecular weight excluding hydrogens is 585 g/mol. The zero-order valence-electron chi connectivity index (χ0n) is 26.2. The number of alkyl halides is 3. The van der Waals surface area contributed by atoms with Crippen LogP contribution in [0.2, 0.25) is 0 Å². The summed E-state index contributed by atoms with van der Waals surface area (Å²) in [7, 11) is 1.93. The second-order valence-electron chi connectivity index (χ2n) is 13.4. The van der Waals surface area contributed by atoms with Crippen molar-refractivity contribution in [1.29, 1.82) is 0 Å². The first-order chi connectivity index (χ1) is 21.3. The van der Waals surface area contributed by atoms with E-state index in [9.17, 15) is 18.0 Å². The van der Waals surface area contributed by atoms with Crippen molar-refractivity contribution >= 4 is 18.2 Å². The monoisotopic (exact) mass is 626 g/mol. The smallest absolute Gasteiger partial charge is 0.416 e. The molecule has 9 nitrogen and oxygen atoms in total. The molecule has 2 saturated carbocycles. The maximum atomic E-state index is 14.3. The molecule has 0 bridgehead atoms. The topological polar surface area (TPSA) is 113 Å². The lowest BCUT2D eigenvalue weighted by Gasteiger charge is -2.42. The van der Waals surface area contributed by atoms with E-state index in [4.69, 9.17) is 14.9 Å². The van der Waals surface area contributed by atoms with E-state index in [2.05, 4.69) is 42.4 Å². The Morgan fingerprint density at radius 2 is 1.80 bits per heavy atom. The number of pyridine rings is 1. The van der Waals surface area contributed by atoms with E-state index in [1.165, 1.54) is 11.0 Å². The predicted molar refractivity (Wildman–Crippen MR) is 163 cm³/mol. The van der Waals surface area contributed by atoms with Crippen molar-refractivity contribution in [3.63, 3.8) is 0 Å². The van der Waals surface area contributed by atoms with Crippen LogP contribution < -0.4 is 10.2 Å². The third-order valence-corrected chi connectivity index (χ3v) is 9.57. The molecule has 0 spiro atoms. The van der Waals surface area contributed by atoms with Gasteiger partial charge in [0.2, 0.25) is 0 Å². The van der Waals surface area contributed by atoms with Crippen molar-refractivity contribution in [3.05, 3.63) is 69.9 Å². The summed E-state index contributed by atoms with van der Waals surface area (Å²) in [5.74, 6) is 1.20. The van der Waals surface area contributed by atoms with Crippen LogP contribution in [0.5, 0.6) is 0 Å². The number of fused-ring (bicyclic) bond motifs is 1. The molecule has 1 amide bonds. The van der Waals surface area contributed by atoms with Crippen LogP contribution in [0.25, 0.3) is 0 Å². The summed E-state index contributed by atoms with van der Waals surface area (Å²) in [6.45, 7) is 6.20. The van der Waals surface area contributed by atoms with E-state index in [0.29, 0.717) is 30.1 Å². The summed E-state index contributed by atoms with van der Waals surface area (Å²) in [4.78, 5) is 28.5. The van der Waals surface area contributed by atoms with Gasteiger partial charge in [-0.05, 0) is 92.3 Å². The van der Waals surface area contributed by atoms with E-state index in [1.807, 2.05) is 17.7 Å². The highest BCUT2D eigenvalue weighted by Gasteiger charge is 2.43. The van der Waals surface area contributed by atoms with Crippen LogP contribution in [0.3, 0.4) is 0 Å². The molecule has 2 aromatic heterocycles. The summed E-state index contributed by atoms with van der Waals surface area (Å²) in [6, 6.07) is 6.90. The number of amides is 1. The molecule has 1 aliphatic heterocycles.